The van der Waals surface area contributed by atoms with Gasteiger partial charge in [0.05, 0.1) is 11.3 Å². The van der Waals surface area contributed by atoms with Crippen LogP contribution in [0.5, 0.6) is 0 Å². The monoisotopic (exact) mass is 304 g/mol. The third-order valence-corrected chi connectivity index (χ3v) is 3.82. The topological polar surface area (TPSA) is 54.5 Å². The summed E-state index contributed by atoms with van der Waals surface area (Å²) < 4.78 is 1.94. The molecule has 2 rings (SSSR count). The fraction of sp³-hybridized carbons (Fsp3) is 0.214. The van der Waals surface area contributed by atoms with Crippen LogP contribution in [0.3, 0.4) is 0 Å². The first kappa shape index (κ1) is 14.6. The molecule has 1 aromatic carbocycles. The highest BCUT2D eigenvalue weighted by atomic mass is 35.5. The molecule has 1 heterocycles. The van der Waals surface area contributed by atoms with Gasteiger partial charge in [0.25, 0.3) is 0 Å². The Kier molecular flexibility index (Phi) is 4.83. The second kappa shape index (κ2) is 6.60. The number of hydrogen-bond acceptors (Lipinski definition) is 4. The predicted molar refractivity (Wildman–Crippen MR) is 81.6 cm³/mol. The molecule has 6 heteroatoms. The molecule has 102 valence electrons. The number of rotatable bonds is 5. The van der Waals surface area contributed by atoms with E-state index in [1.807, 2.05) is 35.8 Å². The van der Waals surface area contributed by atoms with Crippen LogP contribution in [-0.2, 0) is 6.54 Å². The Labute approximate surface area is 127 Å². The molecule has 0 amide bonds. The fourth-order valence-corrected chi connectivity index (χ4v) is 2.54. The molecule has 0 aliphatic rings. The minimum absolute atomic E-state index is 0.180. The smallest absolute Gasteiger partial charge is 0.193 e. The van der Waals surface area contributed by atoms with Crippen LogP contribution in [0.4, 0.5) is 0 Å². The van der Waals surface area contributed by atoms with E-state index in [9.17, 15) is 0 Å². The Bertz CT molecular complexity index is 642. The van der Waals surface area contributed by atoms with Crippen LogP contribution in [0, 0.1) is 11.3 Å². The maximum Gasteiger partial charge on any atom is 0.193 e. The number of thioether (sulfide) groups is 1. The molecule has 0 fully saturated rings. The zero-order valence-electron chi connectivity index (χ0n) is 11.0. The van der Waals surface area contributed by atoms with Crippen LogP contribution < -0.4 is 0 Å². The van der Waals surface area contributed by atoms with E-state index >= 15 is 0 Å². The third kappa shape index (κ3) is 3.21. The third-order valence-electron chi connectivity index (χ3n) is 2.59. The van der Waals surface area contributed by atoms with Crippen molar-refractivity contribution in [3.8, 4) is 17.5 Å². The molecular formula is C14H13ClN4S. The highest BCUT2D eigenvalue weighted by Crippen LogP contribution is 2.27. The van der Waals surface area contributed by atoms with Crippen molar-refractivity contribution < 1.29 is 0 Å². The Balaban J connectivity index is 2.41. The second-order valence-electron chi connectivity index (χ2n) is 4.10. The number of nitrogens with zero attached hydrogens (tertiary/aromatic N) is 4. The lowest BCUT2D eigenvalue weighted by Gasteiger charge is -2.08. The van der Waals surface area contributed by atoms with Crippen molar-refractivity contribution >= 4 is 23.4 Å². The van der Waals surface area contributed by atoms with E-state index in [4.69, 9.17) is 16.9 Å². The quantitative estimate of drug-likeness (QED) is 0.623. The van der Waals surface area contributed by atoms with Gasteiger partial charge in [-0.15, -0.1) is 16.8 Å². The van der Waals surface area contributed by atoms with Gasteiger partial charge in [0, 0.05) is 17.1 Å². The van der Waals surface area contributed by atoms with Crippen molar-refractivity contribution in [3.05, 3.63) is 41.9 Å². The summed E-state index contributed by atoms with van der Waals surface area (Å²) in [6, 6.07) is 9.60. The standard InChI is InChI=1S/C14H13ClN4S/c1-3-8-19-13(11-4-6-12(15)7-5-11)17-18-14(19)20-10(2)9-16/h3-7,10H,1,8H2,2H3. The summed E-state index contributed by atoms with van der Waals surface area (Å²) in [5, 5.41) is 18.5. The fourth-order valence-electron chi connectivity index (χ4n) is 1.67. The van der Waals surface area contributed by atoms with E-state index < -0.39 is 0 Å². The van der Waals surface area contributed by atoms with Gasteiger partial charge in [0.1, 0.15) is 0 Å². The van der Waals surface area contributed by atoms with Gasteiger partial charge in [-0.1, -0.05) is 29.4 Å². The molecule has 0 saturated carbocycles. The Morgan fingerprint density at radius 1 is 1.45 bits per heavy atom. The molecule has 1 unspecified atom stereocenters. The minimum atomic E-state index is -0.180. The summed E-state index contributed by atoms with van der Waals surface area (Å²) in [5.41, 5.74) is 0.931. The number of allylic oxidation sites excluding steroid dienone is 1. The zero-order valence-corrected chi connectivity index (χ0v) is 12.5. The van der Waals surface area contributed by atoms with Crippen molar-refractivity contribution in [2.24, 2.45) is 0 Å². The van der Waals surface area contributed by atoms with Gasteiger partial charge in [-0.25, -0.2) is 0 Å². The summed E-state index contributed by atoms with van der Waals surface area (Å²) in [4.78, 5) is 0. The molecule has 0 aliphatic carbocycles. The predicted octanol–water partition coefficient (Wildman–Crippen LogP) is 3.79. The molecular weight excluding hydrogens is 292 g/mol. The maximum absolute atomic E-state index is 8.91. The molecule has 0 N–H and O–H groups in total. The van der Waals surface area contributed by atoms with E-state index in [1.165, 1.54) is 11.8 Å². The zero-order chi connectivity index (χ0) is 14.5. The highest BCUT2D eigenvalue weighted by Gasteiger charge is 2.15. The number of benzene rings is 1. The van der Waals surface area contributed by atoms with Crippen LogP contribution in [0.1, 0.15) is 6.92 Å². The molecule has 0 radical (unpaired) electrons. The van der Waals surface area contributed by atoms with E-state index in [1.54, 1.807) is 6.08 Å². The van der Waals surface area contributed by atoms with Gasteiger partial charge >= 0.3 is 0 Å². The number of nitriles is 1. The SMILES string of the molecule is C=CCn1c(SC(C)C#N)nnc1-c1ccc(Cl)cc1. The lowest BCUT2D eigenvalue weighted by molar-refractivity contribution is 0.730. The minimum Gasteiger partial charge on any atom is -0.298 e. The first-order chi connectivity index (χ1) is 9.65. The number of hydrogen-bond donors (Lipinski definition) is 0. The lowest BCUT2D eigenvalue weighted by atomic mass is 10.2. The second-order valence-corrected chi connectivity index (χ2v) is 5.85. The van der Waals surface area contributed by atoms with Gasteiger partial charge in [0.2, 0.25) is 0 Å². The average molecular weight is 305 g/mol. The van der Waals surface area contributed by atoms with Crippen molar-refractivity contribution in [1.29, 1.82) is 5.26 Å². The van der Waals surface area contributed by atoms with Crippen LogP contribution in [-0.4, -0.2) is 20.0 Å². The van der Waals surface area contributed by atoms with Crippen LogP contribution >= 0.6 is 23.4 Å². The molecule has 1 aromatic heterocycles. The van der Waals surface area contributed by atoms with Gasteiger partial charge in [-0.3, -0.25) is 4.57 Å². The number of halogens is 1. The molecule has 0 spiro atoms. The van der Waals surface area contributed by atoms with E-state index in [-0.39, 0.29) is 5.25 Å². The molecule has 20 heavy (non-hydrogen) atoms. The maximum atomic E-state index is 8.91. The summed E-state index contributed by atoms with van der Waals surface area (Å²) in [6.07, 6.45) is 1.78. The van der Waals surface area contributed by atoms with E-state index in [0.29, 0.717) is 16.7 Å². The molecule has 0 aliphatic heterocycles. The first-order valence-electron chi connectivity index (χ1n) is 6.02. The molecule has 4 nitrogen and oxygen atoms in total. The summed E-state index contributed by atoms with van der Waals surface area (Å²) in [5.74, 6) is 0.745. The molecule has 1 atom stereocenters. The van der Waals surface area contributed by atoms with Crippen LogP contribution in [0.15, 0.2) is 42.1 Å². The molecule has 0 saturated heterocycles. The van der Waals surface area contributed by atoms with Gasteiger partial charge in [0.15, 0.2) is 11.0 Å². The molecule has 2 aromatic rings. The van der Waals surface area contributed by atoms with Gasteiger partial charge in [-0.05, 0) is 31.2 Å². The van der Waals surface area contributed by atoms with Gasteiger partial charge < -0.3 is 0 Å². The van der Waals surface area contributed by atoms with E-state index in [0.717, 1.165) is 11.4 Å². The van der Waals surface area contributed by atoms with Crippen molar-refractivity contribution in [2.75, 3.05) is 0 Å². The largest absolute Gasteiger partial charge is 0.298 e. The van der Waals surface area contributed by atoms with Crippen LogP contribution in [0.25, 0.3) is 11.4 Å². The van der Waals surface area contributed by atoms with Gasteiger partial charge in [-0.2, -0.15) is 5.26 Å². The van der Waals surface area contributed by atoms with E-state index in [2.05, 4.69) is 22.8 Å². The number of aromatic nitrogens is 3. The molecule has 0 bridgehead atoms. The first-order valence-corrected chi connectivity index (χ1v) is 7.27. The lowest BCUT2D eigenvalue weighted by Crippen LogP contribution is -2.02. The summed E-state index contributed by atoms with van der Waals surface area (Å²) >= 11 is 7.28. The Morgan fingerprint density at radius 3 is 2.75 bits per heavy atom. The van der Waals surface area contributed by atoms with Crippen molar-refractivity contribution in [3.63, 3.8) is 0 Å². The van der Waals surface area contributed by atoms with Crippen molar-refractivity contribution in [1.82, 2.24) is 14.8 Å². The van der Waals surface area contributed by atoms with Crippen LogP contribution in [0.2, 0.25) is 5.02 Å². The normalized spacial score (nSPS) is 11.8. The van der Waals surface area contributed by atoms with Crippen molar-refractivity contribution in [2.45, 2.75) is 23.9 Å². The summed E-state index contributed by atoms with van der Waals surface area (Å²) in [6.45, 7) is 6.17. The Hall–Kier alpha value is -1.77. The summed E-state index contributed by atoms with van der Waals surface area (Å²) in [7, 11) is 0. The highest BCUT2D eigenvalue weighted by molar-refractivity contribution is 8.00. The average Bonchev–Trinajstić information content (AvgIpc) is 2.83. The Morgan fingerprint density at radius 2 is 2.15 bits per heavy atom.